The SMILES string of the molecule is C[C@@H]([C@H]1CC[C@H]2[C@@H]3CC[C@@H]4C[C@@](O)(C(F)(F)F)CC[C@]4(C)[C@H]3CC[C@]12C)[C@@H](C)OCOC(=O)CCCC(=O)O. The van der Waals surface area contributed by atoms with Crippen molar-refractivity contribution in [2.45, 2.75) is 123 Å². The zero-order valence-electron chi connectivity index (χ0n) is 23.9. The Morgan fingerprint density at radius 3 is 2.31 bits per heavy atom. The molecule has 6 nitrogen and oxygen atoms in total. The van der Waals surface area contributed by atoms with Crippen molar-refractivity contribution in [2.24, 2.45) is 46.3 Å². The molecule has 0 aromatic rings. The number of carbonyl (C=O) groups is 2. The summed E-state index contributed by atoms with van der Waals surface area (Å²) in [5, 5.41) is 19.2. The lowest BCUT2D eigenvalue weighted by atomic mass is 9.43. The number of halogens is 3. The topological polar surface area (TPSA) is 93.1 Å². The van der Waals surface area contributed by atoms with Crippen molar-refractivity contribution in [1.29, 1.82) is 0 Å². The van der Waals surface area contributed by atoms with Crippen LogP contribution in [0.15, 0.2) is 0 Å². The lowest BCUT2D eigenvalue weighted by molar-refractivity contribution is -0.290. The Hall–Kier alpha value is -1.35. The molecule has 4 rings (SSSR count). The van der Waals surface area contributed by atoms with Gasteiger partial charge in [-0.2, -0.15) is 13.2 Å². The molecule has 10 atom stereocenters. The summed E-state index contributed by atoms with van der Waals surface area (Å²) in [4.78, 5) is 22.5. The Kier molecular flexibility index (Phi) is 8.75. The Bertz CT molecular complexity index is 910. The van der Waals surface area contributed by atoms with Crippen molar-refractivity contribution >= 4 is 11.9 Å². The predicted octanol–water partition coefficient (Wildman–Crippen LogP) is 6.74. The highest BCUT2D eigenvalue weighted by Crippen LogP contribution is 2.69. The minimum atomic E-state index is -4.57. The molecule has 0 unspecified atom stereocenters. The number of carbonyl (C=O) groups excluding carboxylic acids is 1. The Labute approximate surface area is 230 Å². The molecular formula is C30H47F3O6. The van der Waals surface area contributed by atoms with E-state index in [0.29, 0.717) is 30.1 Å². The Morgan fingerprint density at radius 1 is 0.949 bits per heavy atom. The van der Waals surface area contributed by atoms with E-state index >= 15 is 0 Å². The first-order valence-corrected chi connectivity index (χ1v) is 14.9. The van der Waals surface area contributed by atoms with Crippen LogP contribution in [0.3, 0.4) is 0 Å². The summed E-state index contributed by atoms with van der Waals surface area (Å²) in [6.45, 7) is 8.71. The summed E-state index contributed by atoms with van der Waals surface area (Å²) in [6, 6.07) is 0. The van der Waals surface area contributed by atoms with Crippen LogP contribution in [0, 0.1) is 46.3 Å². The van der Waals surface area contributed by atoms with Gasteiger partial charge in [0.15, 0.2) is 12.4 Å². The lowest BCUT2D eigenvalue weighted by Gasteiger charge is -2.62. The van der Waals surface area contributed by atoms with Gasteiger partial charge in [-0.25, -0.2) is 0 Å². The van der Waals surface area contributed by atoms with Gasteiger partial charge in [0.2, 0.25) is 0 Å². The number of hydrogen-bond donors (Lipinski definition) is 2. The molecule has 0 heterocycles. The van der Waals surface area contributed by atoms with Crippen LogP contribution < -0.4 is 0 Å². The number of carboxylic acids is 1. The van der Waals surface area contributed by atoms with Gasteiger partial charge in [-0.05, 0) is 117 Å². The summed E-state index contributed by atoms with van der Waals surface area (Å²) in [5.41, 5.74) is -2.53. The van der Waals surface area contributed by atoms with Gasteiger partial charge < -0.3 is 19.7 Å². The van der Waals surface area contributed by atoms with Crippen LogP contribution in [0.1, 0.15) is 105 Å². The molecule has 224 valence electrons. The second-order valence-corrected chi connectivity index (χ2v) is 13.7. The van der Waals surface area contributed by atoms with Crippen molar-refractivity contribution in [3.8, 4) is 0 Å². The first kappa shape index (κ1) is 30.6. The molecule has 39 heavy (non-hydrogen) atoms. The van der Waals surface area contributed by atoms with Crippen molar-refractivity contribution in [3.63, 3.8) is 0 Å². The molecule has 0 radical (unpaired) electrons. The first-order valence-electron chi connectivity index (χ1n) is 14.9. The van der Waals surface area contributed by atoms with E-state index in [1.165, 1.54) is 0 Å². The minimum Gasteiger partial charge on any atom is -0.481 e. The average molecular weight is 561 g/mol. The van der Waals surface area contributed by atoms with Crippen LogP contribution in [0.4, 0.5) is 13.2 Å². The van der Waals surface area contributed by atoms with Gasteiger partial charge in [-0.3, -0.25) is 9.59 Å². The van der Waals surface area contributed by atoms with E-state index in [1.807, 2.05) is 6.92 Å². The maximum atomic E-state index is 13.6. The van der Waals surface area contributed by atoms with Gasteiger partial charge >= 0.3 is 18.1 Å². The molecule has 4 aliphatic carbocycles. The summed E-state index contributed by atoms with van der Waals surface area (Å²) < 4.78 is 52.0. The number of ether oxygens (including phenoxy) is 2. The minimum absolute atomic E-state index is 0.0554. The standard InChI is InChI=1S/C30H47F3O6/c1-18(19(2)38-17-39-26(36)7-5-6-25(34)35)22-10-11-23-21-9-8-20-16-29(37,30(31,32)33)15-14-27(20,3)24(21)12-13-28(22,23)4/h18-24,37H,5-17H2,1-4H3,(H,34,35)/t18-,19-,20-,21+,22-,23+,24+,27+,28-,29-/m1/s1. The van der Waals surface area contributed by atoms with Crippen LogP contribution in [0.5, 0.6) is 0 Å². The van der Waals surface area contributed by atoms with Gasteiger partial charge in [0.05, 0.1) is 6.10 Å². The molecule has 0 aromatic heterocycles. The first-order chi connectivity index (χ1) is 18.1. The maximum absolute atomic E-state index is 13.6. The Morgan fingerprint density at radius 2 is 1.64 bits per heavy atom. The van der Waals surface area contributed by atoms with E-state index in [0.717, 1.165) is 38.5 Å². The fourth-order valence-corrected chi connectivity index (χ4v) is 9.55. The third-order valence-corrected chi connectivity index (χ3v) is 12.0. The zero-order chi connectivity index (χ0) is 28.8. The quantitative estimate of drug-likeness (QED) is 0.240. The smallest absolute Gasteiger partial charge is 0.417 e. The summed E-state index contributed by atoms with van der Waals surface area (Å²) in [6.07, 6.45) is 1.69. The number of carboxylic acid groups (broad SMARTS) is 1. The van der Waals surface area contributed by atoms with E-state index in [2.05, 4.69) is 20.8 Å². The number of alkyl halides is 3. The number of aliphatic hydroxyl groups is 1. The molecule has 4 aliphatic rings. The number of aliphatic carboxylic acids is 1. The molecule has 0 aliphatic heterocycles. The average Bonchev–Trinajstić information content (AvgIpc) is 3.20. The van der Waals surface area contributed by atoms with Crippen molar-refractivity contribution in [1.82, 2.24) is 0 Å². The molecule has 0 amide bonds. The van der Waals surface area contributed by atoms with Crippen LogP contribution in [0.2, 0.25) is 0 Å². The number of esters is 1. The van der Waals surface area contributed by atoms with Gasteiger partial charge in [-0.15, -0.1) is 0 Å². The number of hydrogen-bond acceptors (Lipinski definition) is 5. The Balaban J connectivity index is 1.35. The highest BCUT2D eigenvalue weighted by Gasteiger charge is 2.65. The molecule has 0 bridgehead atoms. The zero-order valence-corrected chi connectivity index (χ0v) is 23.9. The fraction of sp³-hybridized carbons (Fsp3) is 0.933. The molecule has 0 aromatic carbocycles. The van der Waals surface area contributed by atoms with E-state index < -0.39 is 23.7 Å². The largest absolute Gasteiger partial charge is 0.481 e. The van der Waals surface area contributed by atoms with Gasteiger partial charge in [0.1, 0.15) is 0 Å². The molecule has 4 saturated carbocycles. The highest BCUT2D eigenvalue weighted by molar-refractivity contribution is 5.71. The second-order valence-electron chi connectivity index (χ2n) is 13.7. The summed E-state index contributed by atoms with van der Waals surface area (Å²) in [5.74, 6) is 0.709. The normalized spacial score (nSPS) is 41.6. The van der Waals surface area contributed by atoms with E-state index in [-0.39, 0.29) is 67.7 Å². The van der Waals surface area contributed by atoms with Crippen molar-refractivity contribution in [3.05, 3.63) is 0 Å². The van der Waals surface area contributed by atoms with Crippen molar-refractivity contribution < 1.29 is 42.4 Å². The number of rotatable bonds is 9. The van der Waals surface area contributed by atoms with E-state index in [1.54, 1.807) is 0 Å². The van der Waals surface area contributed by atoms with Crippen LogP contribution in [0.25, 0.3) is 0 Å². The molecule has 4 fully saturated rings. The van der Waals surface area contributed by atoms with E-state index in [4.69, 9.17) is 14.6 Å². The monoisotopic (exact) mass is 560 g/mol. The molecule has 0 saturated heterocycles. The molecule has 0 spiro atoms. The second kappa shape index (κ2) is 11.1. The van der Waals surface area contributed by atoms with Crippen LogP contribution >= 0.6 is 0 Å². The molecule has 9 heteroatoms. The third kappa shape index (κ3) is 5.73. The van der Waals surface area contributed by atoms with Crippen LogP contribution in [-0.2, 0) is 19.1 Å². The summed E-state index contributed by atoms with van der Waals surface area (Å²) >= 11 is 0. The summed E-state index contributed by atoms with van der Waals surface area (Å²) in [7, 11) is 0. The van der Waals surface area contributed by atoms with Gasteiger partial charge in [-0.1, -0.05) is 20.8 Å². The lowest BCUT2D eigenvalue weighted by Crippen LogP contribution is -2.59. The predicted molar refractivity (Wildman–Crippen MR) is 138 cm³/mol. The molecule has 2 N–H and O–H groups in total. The maximum Gasteiger partial charge on any atom is 0.417 e. The van der Waals surface area contributed by atoms with E-state index in [9.17, 15) is 27.9 Å². The van der Waals surface area contributed by atoms with Gasteiger partial charge in [0, 0.05) is 12.8 Å². The third-order valence-electron chi connectivity index (χ3n) is 12.0. The van der Waals surface area contributed by atoms with Crippen LogP contribution in [-0.4, -0.2) is 46.8 Å². The van der Waals surface area contributed by atoms with Crippen molar-refractivity contribution in [2.75, 3.05) is 6.79 Å². The highest BCUT2D eigenvalue weighted by atomic mass is 19.4. The number of fused-ring (bicyclic) bond motifs is 5. The molecular weight excluding hydrogens is 513 g/mol. The van der Waals surface area contributed by atoms with Gasteiger partial charge in [0.25, 0.3) is 0 Å². The fourth-order valence-electron chi connectivity index (χ4n) is 9.55.